The Balaban J connectivity index is 1.95. The number of carbonyl (C=O) groups is 2. The molecule has 0 unspecified atom stereocenters. The number of amides is 3. The first kappa shape index (κ1) is 29.5. The molecule has 0 saturated carbocycles. The lowest BCUT2D eigenvalue weighted by molar-refractivity contribution is -0.140. The summed E-state index contributed by atoms with van der Waals surface area (Å²) in [4.78, 5) is 22.8. The second-order valence-corrected chi connectivity index (χ2v) is 9.01. The van der Waals surface area contributed by atoms with Crippen molar-refractivity contribution in [2.24, 2.45) is 0 Å². The van der Waals surface area contributed by atoms with Crippen LogP contribution in [0.1, 0.15) is 21.5 Å². The highest BCUT2D eigenvalue weighted by Crippen LogP contribution is 2.48. The van der Waals surface area contributed by atoms with Gasteiger partial charge in [-0.3, -0.25) is 10.1 Å². The van der Waals surface area contributed by atoms with Crippen LogP contribution in [0.25, 0.3) is 0 Å². The second-order valence-electron chi connectivity index (χ2n) is 7.18. The Labute approximate surface area is 221 Å². The zero-order valence-electron chi connectivity index (χ0n) is 17.9. The second kappa shape index (κ2) is 10.9. The minimum absolute atomic E-state index is 0.106. The van der Waals surface area contributed by atoms with Crippen LogP contribution < -0.4 is 10.6 Å². The van der Waals surface area contributed by atoms with Crippen molar-refractivity contribution in [1.29, 1.82) is 0 Å². The number of carbonyl (C=O) groups excluding carboxylic acids is 2. The lowest BCUT2D eigenvalue weighted by Crippen LogP contribution is -2.35. The van der Waals surface area contributed by atoms with E-state index in [9.17, 15) is 49.1 Å². The Morgan fingerprint density at radius 3 is 1.97 bits per heavy atom. The van der Waals surface area contributed by atoms with Crippen molar-refractivity contribution in [3.05, 3.63) is 86.7 Å². The fraction of sp³-hybridized carbons (Fsp3) is 0.0909. The van der Waals surface area contributed by atoms with Gasteiger partial charge in [0.1, 0.15) is 17.2 Å². The number of anilines is 1. The van der Waals surface area contributed by atoms with Crippen LogP contribution in [0.15, 0.2) is 52.3 Å². The summed E-state index contributed by atoms with van der Waals surface area (Å²) in [5.41, 5.74) is -5.16. The van der Waals surface area contributed by atoms with Gasteiger partial charge in [0, 0.05) is 9.79 Å². The maximum atomic E-state index is 14.9. The average Bonchev–Trinajstić information content (AvgIpc) is 2.78. The highest BCUT2D eigenvalue weighted by atomic mass is 35.5. The normalized spacial score (nSPS) is 11.9. The molecule has 3 rings (SSSR count). The van der Waals surface area contributed by atoms with Gasteiger partial charge in [0.25, 0.3) is 5.91 Å². The van der Waals surface area contributed by atoms with E-state index >= 15 is 0 Å². The van der Waals surface area contributed by atoms with Gasteiger partial charge in [-0.1, -0.05) is 41.0 Å². The van der Waals surface area contributed by atoms with Crippen molar-refractivity contribution in [1.82, 2.24) is 5.32 Å². The minimum Gasteiger partial charge on any atom is -0.305 e. The summed E-state index contributed by atoms with van der Waals surface area (Å²) in [5.74, 6) is -5.95. The third-order valence-electron chi connectivity index (χ3n) is 4.60. The molecule has 0 aliphatic carbocycles. The van der Waals surface area contributed by atoms with Gasteiger partial charge in [-0.25, -0.2) is 18.0 Å². The molecule has 202 valence electrons. The smallest absolute Gasteiger partial charge is 0.305 e. The molecule has 0 heterocycles. The summed E-state index contributed by atoms with van der Waals surface area (Å²) in [5, 5.41) is 1.24. The molecule has 2 N–H and O–H groups in total. The molecule has 3 aromatic rings. The number of imide groups is 1. The summed E-state index contributed by atoms with van der Waals surface area (Å²) in [7, 11) is 0. The summed E-state index contributed by atoms with van der Waals surface area (Å²) in [6, 6.07) is 2.53. The zero-order valence-corrected chi connectivity index (χ0v) is 20.3. The van der Waals surface area contributed by atoms with Crippen LogP contribution in [0.2, 0.25) is 10.0 Å². The summed E-state index contributed by atoms with van der Waals surface area (Å²) < 4.78 is 122. The van der Waals surface area contributed by atoms with Crippen molar-refractivity contribution >= 4 is 52.6 Å². The molecule has 0 atom stereocenters. The lowest BCUT2D eigenvalue weighted by Gasteiger charge is -2.18. The Bertz CT molecular complexity index is 1410. The third kappa shape index (κ3) is 6.48. The van der Waals surface area contributed by atoms with Crippen molar-refractivity contribution in [3.8, 4) is 0 Å². The predicted octanol–water partition coefficient (Wildman–Crippen LogP) is 8.56. The van der Waals surface area contributed by atoms with Gasteiger partial charge in [-0.15, -0.1) is 0 Å². The largest absolute Gasteiger partial charge is 0.417 e. The molecule has 16 heteroatoms. The number of nitrogens with one attached hydrogen (secondary N) is 2. The molecule has 0 fully saturated rings. The molecule has 3 amide bonds. The van der Waals surface area contributed by atoms with E-state index in [4.69, 9.17) is 23.2 Å². The molecule has 0 saturated heterocycles. The van der Waals surface area contributed by atoms with Gasteiger partial charge in [0.2, 0.25) is 0 Å². The van der Waals surface area contributed by atoms with E-state index in [0.29, 0.717) is 24.3 Å². The first-order valence-electron chi connectivity index (χ1n) is 9.70. The van der Waals surface area contributed by atoms with Crippen LogP contribution >= 0.6 is 35.0 Å². The van der Waals surface area contributed by atoms with Crippen LogP contribution in [-0.4, -0.2) is 11.9 Å². The predicted molar refractivity (Wildman–Crippen MR) is 120 cm³/mol. The van der Waals surface area contributed by atoms with E-state index in [-0.39, 0.29) is 22.7 Å². The van der Waals surface area contributed by atoms with E-state index in [1.54, 1.807) is 5.32 Å². The number of benzene rings is 3. The highest BCUT2D eigenvalue weighted by molar-refractivity contribution is 7.99. The van der Waals surface area contributed by atoms with Crippen LogP contribution in [0.3, 0.4) is 0 Å². The highest BCUT2D eigenvalue weighted by Gasteiger charge is 2.38. The lowest BCUT2D eigenvalue weighted by atomic mass is 10.1. The number of hydrogen-bond acceptors (Lipinski definition) is 3. The average molecular weight is 607 g/mol. The Kier molecular flexibility index (Phi) is 8.48. The molecule has 0 radical (unpaired) electrons. The molecule has 38 heavy (non-hydrogen) atoms. The van der Waals surface area contributed by atoms with Crippen molar-refractivity contribution in [3.63, 3.8) is 0 Å². The van der Waals surface area contributed by atoms with Crippen LogP contribution in [0.4, 0.5) is 50.0 Å². The number of alkyl halides is 6. The zero-order chi connectivity index (χ0) is 28.6. The van der Waals surface area contributed by atoms with Crippen LogP contribution in [0, 0.1) is 17.5 Å². The van der Waals surface area contributed by atoms with Gasteiger partial charge < -0.3 is 5.32 Å². The molecular weight excluding hydrogens is 598 g/mol. The number of hydrogen-bond donors (Lipinski definition) is 2. The molecule has 3 aromatic carbocycles. The van der Waals surface area contributed by atoms with Gasteiger partial charge in [-0.2, -0.15) is 26.3 Å². The van der Waals surface area contributed by atoms with Crippen LogP contribution in [0.5, 0.6) is 0 Å². The van der Waals surface area contributed by atoms with E-state index in [2.05, 4.69) is 0 Å². The molecular formula is C22H9Cl2F9N2O2S. The maximum absolute atomic E-state index is 14.9. The minimum atomic E-state index is -5.23. The van der Waals surface area contributed by atoms with E-state index in [1.807, 2.05) is 0 Å². The molecule has 0 bridgehead atoms. The Morgan fingerprint density at radius 2 is 1.45 bits per heavy atom. The van der Waals surface area contributed by atoms with Gasteiger partial charge in [0.05, 0.1) is 26.9 Å². The third-order valence-corrected chi connectivity index (χ3v) is 6.70. The molecule has 0 aliphatic heterocycles. The van der Waals surface area contributed by atoms with Gasteiger partial charge >= 0.3 is 18.4 Å². The number of rotatable bonds is 4. The number of halogens is 11. The van der Waals surface area contributed by atoms with Crippen molar-refractivity contribution < 1.29 is 49.1 Å². The van der Waals surface area contributed by atoms with E-state index < -0.39 is 79.1 Å². The topological polar surface area (TPSA) is 58.2 Å². The standard InChI is InChI=1S/C22H9Cl2F9N2O2S/c23-10-6-8(21(28,29)30)4-5-14(10)38-18-9(22(31,32)33)7-13(17(27)16(18)24)34-20(37)35-19(36)15-11(25)2-1-3-12(15)26/h1-7H,(H2,34,35,36,37). The first-order valence-corrected chi connectivity index (χ1v) is 11.3. The van der Waals surface area contributed by atoms with E-state index in [0.717, 1.165) is 12.1 Å². The van der Waals surface area contributed by atoms with Gasteiger partial charge in [0.15, 0.2) is 5.82 Å². The number of urea groups is 1. The Hall–Kier alpha value is -3.10. The maximum Gasteiger partial charge on any atom is 0.417 e. The Morgan fingerprint density at radius 1 is 0.842 bits per heavy atom. The quantitative estimate of drug-likeness (QED) is 0.293. The van der Waals surface area contributed by atoms with Crippen molar-refractivity contribution in [2.75, 3.05) is 5.32 Å². The van der Waals surface area contributed by atoms with Crippen LogP contribution in [-0.2, 0) is 12.4 Å². The van der Waals surface area contributed by atoms with Gasteiger partial charge in [-0.05, 0) is 36.4 Å². The summed E-state index contributed by atoms with van der Waals surface area (Å²) in [6.07, 6.45) is -10.0. The molecule has 4 nitrogen and oxygen atoms in total. The molecule has 0 aromatic heterocycles. The monoisotopic (exact) mass is 606 g/mol. The fourth-order valence-electron chi connectivity index (χ4n) is 2.91. The molecule has 0 spiro atoms. The fourth-order valence-corrected chi connectivity index (χ4v) is 4.51. The summed E-state index contributed by atoms with van der Waals surface area (Å²) >= 11 is 11.7. The first-order chi connectivity index (χ1) is 17.5. The summed E-state index contributed by atoms with van der Waals surface area (Å²) in [6.45, 7) is 0. The van der Waals surface area contributed by atoms with Crippen molar-refractivity contribution in [2.45, 2.75) is 22.1 Å². The SMILES string of the molecule is O=C(NC(=O)c1c(F)cccc1F)Nc1cc(C(F)(F)F)c(Sc2ccc(C(F)(F)F)cc2Cl)c(Cl)c1F. The molecule has 0 aliphatic rings. The van der Waals surface area contributed by atoms with E-state index in [1.165, 1.54) is 5.32 Å².